The molecule has 0 fully saturated rings. The molecule has 0 bridgehead atoms. The Morgan fingerprint density at radius 3 is 2.33 bits per heavy atom. The maximum absolute atomic E-state index is 12.3. The quantitative estimate of drug-likeness (QED) is 0.585. The van der Waals surface area contributed by atoms with Crippen molar-refractivity contribution < 1.29 is 9.59 Å². The maximum atomic E-state index is 12.3. The average Bonchev–Trinajstić information content (AvgIpc) is 3.15. The van der Waals surface area contributed by atoms with E-state index in [9.17, 15) is 9.59 Å². The SMILES string of the molecule is O=C(NCCNC(=O)c1ccc(-c2cc(Cl)cc(Cl)c2)s1)c1cccnc1. The minimum atomic E-state index is -0.228. The molecule has 0 aliphatic carbocycles. The topological polar surface area (TPSA) is 71.1 Å². The number of benzene rings is 1. The third-order valence-corrected chi connectivity index (χ3v) is 5.17. The van der Waals surface area contributed by atoms with Gasteiger partial charge in [-0.15, -0.1) is 11.3 Å². The molecular formula is C19H15Cl2N3O2S. The van der Waals surface area contributed by atoms with Crippen LogP contribution in [0.5, 0.6) is 0 Å². The molecule has 0 atom stereocenters. The first kappa shape index (κ1) is 19.4. The molecule has 0 aliphatic rings. The van der Waals surface area contributed by atoms with E-state index in [0.717, 1.165) is 10.4 Å². The summed E-state index contributed by atoms with van der Waals surface area (Å²) in [4.78, 5) is 29.5. The van der Waals surface area contributed by atoms with Crippen LogP contribution in [0.4, 0.5) is 0 Å². The number of nitrogens with zero attached hydrogens (tertiary/aromatic N) is 1. The molecule has 2 N–H and O–H groups in total. The molecule has 2 amide bonds. The van der Waals surface area contributed by atoms with E-state index in [0.29, 0.717) is 33.6 Å². The first-order valence-corrected chi connectivity index (χ1v) is 9.63. The molecule has 138 valence electrons. The molecule has 0 unspecified atom stereocenters. The highest BCUT2D eigenvalue weighted by Gasteiger charge is 2.11. The smallest absolute Gasteiger partial charge is 0.261 e. The zero-order valence-corrected chi connectivity index (χ0v) is 16.4. The zero-order chi connectivity index (χ0) is 19.2. The van der Waals surface area contributed by atoms with Gasteiger partial charge in [0.25, 0.3) is 11.8 Å². The molecular weight excluding hydrogens is 405 g/mol. The molecule has 27 heavy (non-hydrogen) atoms. The van der Waals surface area contributed by atoms with Crippen molar-refractivity contribution in [1.29, 1.82) is 0 Å². The van der Waals surface area contributed by atoms with Gasteiger partial charge in [-0.3, -0.25) is 14.6 Å². The largest absolute Gasteiger partial charge is 0.350 e. The molecule has 0 aliphatic heterocycles. The Bertz CT molecular complexity index is 940. The van der Waals surface area contributed by atoms with E-state index in [2.05, 4.69) is 15.6 Å². The van der Waals surface area contributed by atoms with Crippen molar-refractivity contribution in [3.05, 3.63) is 75.3 Å². The van der Waals surface area contributed by atoms with Crippen LogP contribution in [0.2, 0.25) is 10.0 Å². The van der Waals surface area contributed by atoms with Crippen molar-refractivity contribution in [1.82, 2.24) is 15.6 Å². The standard InChI is InChI=1S/C19H15Cl2N3O2S/c20-14-8-13(9-15(21)10-14)16-3-4-17(27-16)19(26)24-7-6-23-18(25)12-2-1-5-22-11-12/h1-5,8-11H,6-7H2,(H,23,25)(H,24,26). The highest BCUT2D eigenvalue weighted by atomic mass is 35.5. The van der Waals surface area contributed by atoms with E-state index in [1.165, 1.54) is 17.5 Å². The Kier molecular flexibility index (Phi) is 6.45. The molecule has 0 saturated heterocycles. The lowest BCUT2D eigenvalue weighted by atomic mass is 10.2. The van der Waals surface area contributed by atoms with Gasteiger partial charge in [0, 0.05) is 40.4 Å². The minimum absolute atomic E-state index is 0.199. The summed E-state index contributed by atoms with van der Waals surface area (Å²) in [6.45, 7) is 0.642. The molecule has 2 aromatic heterocycles. The third-order valence-electron chi connectivity index (χ3n) is 3.60. The van der Waals surface area contributed by atoms with Crippen LogP contribution in [0.25, 0.3) is 10.4 Å². The molecule has 5 nitrogen and oxygen atoms in total. The number of rotatable bonds is 6. The number of nitrogens with one attached hydrogen (secondary N) is 2. The number of amides is 2. The predicted molar refractivity (Wildman–Crippen MR) is 109 cm³/mol. The normalized spacial score (nSPS) is 10.4. The van der Waals surface area contributed by atoms with Crippen molar-refractivity contribution in [3.8, 4) is 10.4 Å². The second kappa shape index (κ2) is 8.99. The van der Waals surface area contributed by atoms with E-state index in [1.54, 1.807) is 42.6 Å². The fourth-order valence-corrected chi connectivity index (χ4v) is 3.79. The van der Waals surface area contributed by atoms with Crippen LogP contribution in [-0.4, -0.2) is 29.9 Å². The Balaban J connectivity index is 1.52. The van der Waals surface area contributed by atoms with Crippen molar-refractivity contribution in [2.75, 3.05) is 13.1 Å². The van der Waals surface area contributed by atoms with Crippen LogP contribution in [0.15, 0.2) is 54.9 Å². The lowest BCUT2D eigenvalue weighted by Gasteiger charge is -2.06. The molecule has 1 aromatic carbocycles. The lowest BCUT2D eigenvalue weighted by Crippen LogP contribution is -2.34. The minimum Gasteiger partial charge on any atom is -0.350 e. The molecule has 3 rings (SSSR count). The second-order valence-corrected chi connectivity index (χ2v) is 7.53. The van der Waals surface area contributed by atoms with Gasteiger partial charge in [-0.2, -0.15) is 0 Å². The number of thiophene rings is 1. The number of pyridine rings is 1. The lowest BCUT2D eigenvalue weighted by molar-refractivity contribution is 0.0929. The van der Waals surface area contributed by atoms with Crippen LogP contribution in [0.3, 0.4) is 0 Å². The highest BCUT2D eigenvalue weighted by molar-refractivity contribution is 7.17. The van der Waals surface area contributed by atoms with Gasteiger partial charge in [0.1, 0.15) is 0 Å². The zero-order valence-electron chi connectivity index (χ0n) is 14.0. The molecule has 0 spiro atoms. The highest BCUT2D eigenvalue weighted by Crippen LogP contribution is 2.32. The van der Waals surface area contributed by atoms with E-state index < -0.39 is 0 Å². The number of aromatic nitrogens is 1. The number of hydrogen-bond donors (Lipinski definition) is 2. The fourth-order valence-electron chi connectivity index (χ4n) is 2.35. The number of carbonyl (C=O) groups is 2. The van der Waals surface area contributed by atoms with Crippen LogP contribution in [-0.2, 0) is 0 Å². The monoisotopic (exact) mass is 419 g/mol. The third kappa shape index (κ3) is 5.29. The van der Waals surface area contributed by atoms with E-state index in [-0.39, 0.29) is 11.8 Å². The summed E-state index contributed by atoms with van der Waals surface area (Å²) in [5, 5.41) is 6.60. The summed E-state index contributed by atoms with van der Waals surface area (Å²) in [6, 6.07) is 12.2. The summed E-state index contributed by atoms with van der Waals surface area (Å²) in [5.41, 5.74) is 1.34. The number of halogens is 2. The van der Waals surface area contributed by atoms with Gasteiger partial charge >= 0.3 is 0 Å². The summed E-state index contributed by atoms with van der Waals surface area (Å²) >= 11 is 13.4. The van der Waals surface area contributed by atoms with Crippen molar-refractivity contribution in [2.24, 2.45) is 0 Å². The van der Waals surface area contributed by atoms with E-state index in [4.69, 9.17) is 23.2 Å². The first-order chi connectivity index (χ1) is 13.0. The van der Waals surface area contributed by atoms with Gasteiger partial charge in [0.2, 0.25) is 0 Å². The van der Waals surface area contributed by atoms with Crippen LogP contribution >= 0.6 is 34.5 Å². The second-order valence-electron chi connectivity index (χ2n) is 5.58. The van der Waals surface area contributed by atoms with Crippen LogP contribution in [0, 0.1) is 0 Å². The molecule has 2 heterocycles. The van der Waals surface area contributed by atoms with E-state index >= 15 is 0 Å². The first-order valence-electron chi connectivity index (χ1n) is 8.05. The summed E-state index contributed by atoms with van der Waals surface area (Å²) in [6.07, 6.45) is 3.09. The van der Waals surface area contributed by atoms with Gasteiger partial charge in [0.05, 0.1) is 10.4 Å². The summed E-state index contributed by atoms with van der Waals surface area (Å²) in [5.74, 6) is -0.427. The van der Waals surface area contributed by atoms with Gasteiger partial charge in [-0.25, -0.2) is 0 Å². The number of carbonyl (C=O) groups excluding carboxylic acids is 2. The van der Waals surface area contributed by atoms with Gasteiger partial charge in [-0.1, -0.05) is 23.2 Å². The predicted octanol–water partition coefficient (Wildman–Crippen LogP) is 4.28. The molecule has 0 saturated carbocycles. The Morgan fingerprint density at radius 2 is 1.67 bits per heavy atom. The van der Waals surface area contributed by atoms with Gasteiger partial charge in [-0.05, 0) is 48.0 Å². The summed E-state index contributed by atoms with van der Waals surface area (Å²) < 4.78 is 0. The van der Waals surface area contributed by atoms with Crippen molar-refractivity contribution >= 4 is 46.4 Å². The van der Waals surface area contributed by atoms with Crippen molar-refractivity contribution in [2.45, 2.75) is 0 Å². The maximum Gasteiger partial charge on any atom is 0.261 e. The molecule has 3 aromatic rings. The molecule has 8 heteroatoms. The van der Waals surface area contributed by atoms with Gasteiger partial charge in [0.15, 0.2) is 0 Å². The Labute approximate surface area is 170 Å². The van der Waals surface area contributed by atoms with E-state index in [1.807, 2.05) is 6.07 Å². The fraction of sp³-hybridized carbons (Fsp3) is 0.105. The van der Waals surface area contributed by atoms with Gasteiger partial charge < -0.3 is 10.6 Å². The van der Waals surface area contributed by atoms with Crippen LogP contribution < -0.4 is 10.6 Å². The molecule has 0 radical (unpaired) electrons. The van der Waals surface area contributed by atoms with Crippen molar-refractivity contribution in [3.63, 3.8) is 0 Å². The summed E-state index contributed by atoms with van der Waals surface area (Å²) in [7, 11) is 0. The number of hydrogen-bond acceptors (Lipinski definition) is 4. The Hall–Kier alpha value is -2.41. The van der Waals surface area contributed by atoms with Crippen LogP contribution in [0.1, 0.15) is 20.0 Å². The Morgan fingerprint density at radius 1 is 0.963 bits per heavy atom. The average molecular weight is 420 g/mol.